The third-order valence-corrected chi connectivity index (χ3v) is 4.77. The van der Waals surface area contributed by atoms with Gasteiger partial charge in [0.2, 0.25) is 6.10 Å². The zero-order valence-electron chi connectivity index (χ0n) is 16.0. The number of benzene rings is 1. The van der Waals surface area contributed by atoms with Crippen molar-refractivity contribution in [1.29, 1.82) is 0 Å². The summed E-state index contributed by atoms with van der Waals surface area (Å²) in [5.74, 6) is 0.810. The number of para-hydroxylation sites is 2. The van der Waals surface area contributed by atoms with Gasteiger partial charge in [0.25, 0.3) is 11.8 Å². The molecular weight excluding hydrogens is 364 g/mol. The number of fused-ring (bicyclic) bond motifs is 1. The van der Waals surface area contributed by atoms with Gasteiger partial charge in [0.05, 0.1) is 26.2 Å². The highest BCUT2D eigenvalue weighted by Gasteiger charge is 2.34. The van der Waals surface area contributed by atoms with Gasteiger partial charge in [0.15, 0.2) is 18.0 Å². The third-order valence-electron chi connectivity index (χ3n) is 4.77. The number of nitrogens with one attached hydrogen (secondary N) is 3. The first-order chi connectivity index (χ1) is 13.6. The fourth-order valence-electron chi connectivity index (χ4n) is 3.25. The number of imide groups is 1. The van der Waals surface area contributed by atoms with Gasteiger partial charge in [-0.3, -0.25) is 14.9 Å². The molecule has 3 rings (SSSR count). The number of ether oxygens (including phenoxy) is 2. The molecule has 0 spiro atoms. The van der Waals surface area contributed by atoms with Gasteiger partial charge in [0.1, 0.15) is 6.61 Å². The second kappa shape index (κ2) is 9.41. The molecule has 1 aromatic rings. The average Bonchev–Trinajstić information content (AvgIpc) is 2.71. The predicted octanol–water partition coefficient (Wildman–Crippen LogP) is -1.21. The number of amides is 4. The van der Waals surface area contributed by atoms with Crippen molar-refractivity contribution in [3.8, 4) is 11.5 Å². The molecule has 0 aromatic heterocycles. The van der Waals surface area contributed by atoms with Crippen LogP contribution in [0.5, 0.6) is 11.5 Å². The minimum atomic E-state index is -0.651. The monoisotopic (exact) mass is 391 g/mol. The predicted molar refractivity (Wildman–Crippen MR) is 100 cm³/mol. The molecule has 0 radical (unpaired) electrons. The lowest BCUT2D eigenvalue weighted by Gasteiger charge is -2.35. The van der Waals surface area contributed by atoms with E-state index in [1.54, 1.807) is 11.0 Å². The van der Waals surface area contributed by atoms with Gasteiger partial charge in [-0.25, -0.2) is 4.79 Å². The van der Waals surface area contributed by atoms with Gasteiger partial charge in [-0.05, 0) is 18.6 Å². The zero-order valence-corrected chi connectivity index (χ0v) is 16.0. The van der Waals surface area contributed by atoms with Gasteiger partial charge < -0.3 is 24.6 Å². The number of carbonyl (C=O) groups is 3. The van der Waals surface area contributed by atoms with Crippen molar-refractivity contribution in [1.82, 2.24) is 15.5 Å². The summed E-state index contributed by atoms with van der Waals surface area (Å²) in [7, 11) is 0. The fourth-order valence-corrected chi connectivity index (χ4v) is 3.25. The SMILES string of the molecule is CCCNC(=O)NC(=O)C[NH+]1CCN(C(=O)[C@H]2COc3ccccc3O2)CC1. The minimum Gasteiger partial charge on any atom is -0.485 e. The van der Waals surface area contributed by atoms with E-state index in [9.17, 15) is 14.4 Å². The van der Waals surface area contributed by atoms with Crippen molar-refractivity contribution < 1.29 is 28.8 Å². The van der Waals surface area contributed by atoms with Crippen LogP contribution in [0.2, 0.25) is 0 Å². The maximum atomic E-state index is 12.7. The number of carbonyl (C=O) groups excluding carboxylic acids is 3. The van der Waals surface area contributed by atoms with Crippen molar-refractivity contribution in [2.75, 3.05) is 45.9 Å². The molecule has 3 N–H and O–H groups in total. The summed E-state index contributed by atoms with van der Waals surface area (Å²) in [6.45, 7) is 5.21. The molecule has 9 heteroatoms. The largest absolute Gasteiger partial charge is 0.485 e. The molecule has 1 fully saturated rings. The highest BCUT2D eigenvalue weighted by Crippen LogP contribution is 2.31. The second-order valence-corrected chi connectivity index (χ2v) is 6.92. The van der Waals surface area contributed by atoms with E-state index < -0.39 is 12.1 Å². The Kier molecular flexibility index (Phi) is 6.70. The van der Waals surface area contributed by atoms with Crippen molar-refractivity contribution in [3.05, 3.63) is 24.3 Å². The highest BCUT2D eigenvalue weighted by molar-refractivity contribution is 5.94. The standard InChI is InChI=1S/C19H26N4O5/c1-2-7-20-19(26)21-17(24)12-22-8-10-23(11-9-22)18(25)16-13-27-14-5-3-4-6-15(14)28-16/h3-6,16H,2,7-13H2,1H3,(H2,20,21,24,26)/p+1/t16-/m1/s1. The van der Waals surface area contributed by atoms with E-state index in [-0.39, 0.29) is 25.0 Å². The molecule has 1 saturated heterocycles. The lowest BCUT2D eigenvalue weighted by atomic mass is 10.2. The van der Waals surface area contributed by atoms with E-state index in [0.29, 0.717) is 44.2 Å². The summed E-state index contributed by atoms with van der Waals surface area (Å²) in [6, 6.07) is 6.83. The van der Waals surface area contributed by atoms with Crippen molar-refractivity contribution in [2.45, 2.75) is 19.4 Å². The number of urea groups is 1. The first-order valence-electron chi connectivity index (χ1n) is 9.65. The summed E-state index contributed by atoms with van der Waals surface area (Å²) in [5, 5.41) is 4.94. The van der Waals surface area contributed by atoms with Crippen LogP contribution >= 0.6 is 0 Å². The Labute approximate surface area is 163 Å². The number of quaternary nitrogens is 1. The van der Waals surface area contributed by atoms with E-state index in [1.807, 2.05) is 25.1 Å². The Morgan fingerprint density at radius 2 is 1.89 bits per heavy atom. The molecule has 2 aliphatic rings. The van der Waals surface area contributed by atoms with Crippen LogP contribution in [0.1, 0.15) is 13.3 Å². The molecular formula is C19H27N4O5+. The van der Waals surface area contributed by atoms with Gasteiger partial charge in [-0.1, -0.05) is 19.1 Å². The Bertz CT molecular complexity index is 718. The third kappa shape index (κ3) is 5.13. The zero-order chi connectivity index (χ0) is 19.9. The Morgan fingerprint density at radius 1 is 1.18 bits per heavy atom. The topological polar surface area (TPSA) is 101 Å². The molecule has 0 aliphatic carbocycles. The van der Waals surface area contributed by atoms with Crippen LogP contribution in [-0.2, 0) is 9.59 Å². The molecule has 0 bridgehead atoms. The van der Waals surface area contributed by atoms with Crippen LogP contribution < -0.4 is 25.0 Å². The lowest BCUT2D eigenvalue weighted by Crippen LogP contribution is -3.16. The molecule has 0 saturated carbocycles. The van der Waals surface area contributed by atoms with Gasteiger partial charge in [-0.2, -0.15) is 0 Å². The van der Waals surface area contributed by atoms with E-state index in [4.69, 9.17) is 9.47 Å². The van der Waals surface area contributed by atoms with Crippen LogP contribution in [0.15, 0.2) is 24.3 Å². The summed E-state index contributed by atoms with van der Waals surface area (Å²) in [6.07, 6.45) is 0.159. The van der Waals surface area contributed by atoms with Crippen LogP contribution in [0.4, 0.5) is 4.79 Å². The summed E-state index contributed by atoms with van der Waals surface area (Å²) in [4.78, 5) is 39.0. The van der Waals surface area contributed by atoms with Crippen LogP contribution in [-0.4, -0.2) is 74.7 Å². The number of hydrogen-bond donors (Lipinski definition) is 3. The van der Waals surface area contributed by atoms with Crippen LogP contribution in [0.25, 0.3) is 0 Å². The average molecular weight is 391 g/mol. The number of piperazine rings is 1. The van der Waals surface area contributed by atoms with Gasteiger partial charge >= 0.3 is 6.03 Å². The Morgan fingerprint density at radius 3 is 2.61 bits per heavy atom. The van der Waals surface area contributed by atoms with E-state index in [1.165, 1.54) is 0 Å². The van der Waals surface area contributed by atoms with E-state index in [2.05, 4.69) is 10.6 Å². The summed E-state index contributed by atoms with van der Waals surface area (Å²) in [5.41, 5.74) is 0. The number of hydrogen-bond acceptors (Lipinski definition) is 5. The quantitative estimate of drug-likeness (QED) is 0.585. The minimum absolute atomic E-state index is 0.100. The second-order valence-electron chi connectivity index (χ2n) is 6.92. The van der Waals surface area contributed by atoms with Crippen molar-refractivity contribution in [3.63, 3.8) is 0 Å². The molecule has 0 unspecified atom stereocenters. The van der Waals surface area contributed by atoms with Crippen LogP contribution in [0.3, 0.4) is 0 Å². The van der Waals surface area contributed by atoms with Crippen molar-refractivity contribution >= 4 is 17.8 Å². The smallest absolute Gasteiger partial charge is 0.321 e. The number of rotatable bonds is 5. The molecule has 1 aromatic carbocycles. The number of nitrogens with zero attached hydrogens (tertiary/aromatic N) is 1. The van der Waals surface area contributed by atoms with Crippen molar-refractivity contribution in [2.24, 2.45) is 0 Å². The molecule has 2 aliphatic heterocycles. The highest BCUT2D eigenvalue weighted by atomic mass is 16.6. The molecule has 4 amide bonds. The fraction of sp³-hybridized carbons (Fsp3) is 0.526. The molecule has 28 heavy (non-hydrogen) atoms. The first-order valence-corrected chi connectivity index (χ1v) is 9.65. The van der Waals surface area contributed by atoms with E-state index >= 15 is 0 Å². The maximum absolute atomic E-state index is 12.7. The maximum Gasteiger partial charge on any atom is 0.321 e. The van der Waals surface area contributed by atoms with E-state index in [0.717, 1.165) is 11.3 Å². The molecule has 2 heterocycles. The summed E-state index contributed by atoms with van der Waals surface area (Å²) < 4.78 is 11.4. The van der Waals surface area contributed by atoms with Gasteiger partial charge in [0, 0.05) is 6.54 Å². The normalized spacial score (nSPS) is 19.0. The lowest BCUT2D eigenvalue weighted by molar-refractivity contribution is -0.896. The molecule has 152 valence electrons. The molecule has 9 nitrogen and oxygen atoms in total. The van der Waals surface area contributed by atoms with Gasteiger partial charge in [-0.15, -0.1) is 0 Å². The Hall–Kier alpha value is -2.81. The first kappa shape index (κ1) is 19.9. The van der Waals surface area contributed by atoms with Crippen LogP contribution in [0, 0.1) is 0 Å². The molecule has 1 atom stereocenters. The Balaban J connectivity index is 1.42. The summed E-state index contributed by atoms with van der Waals surface area (Å²) >= 11 is 0.